The molecule has 0 saturated carbocycles. The maximum atomic E-state index is 9.10. The van der Waals surface area contributed by atoms with E-state index in [2.05, 4.69) is 5.32 Å². The molecule has 31 heavy (non-hydrogen) atoms. The Balaban J connectivity index is 0.000000703. The molecule has 0 radical (unpaired) electrons. The lowest BCUT2D eigenvalue weighted by atomic mass is 10.1. The first-order valence-electron chi connectivity index (χ1n) is 8.97. The zero-order valence-electron chi connectivity index (χ0n) is 18.1. The number of ether oxygens (including phenoxy) is 5. The summed E-state index contributed by atoms with van der Waals surface area (Å²) in [5.41, 5.74) is 2.08. The standard InChI is InChI=1S/C19H25NO5.C2H2O4/c1-21-15-7-6-13(8-17(15)23-3)11-20-12-14-9-18(24-4)19(25-5)10-16(14)22-2;3-1(4)2(5)6/h6-10,20H,11-12H2,1-5H3;(H,3,4)(H,5,6). The van der Waals surface area contributed by atoms with E-state index >= 15 is 0 Å². The molecular formula is C21H27NO9. The second kappa shape index (κ2) is 12.8. The van der Waals surface area contributed by atoms with Crippen LogP contribution in [0.25, 0.3) is 0 Å². The fraction of sp³-hybridized carbons (Fsp3) is 0.333. The molecule has 0 bridgehead atoms. The van der Waals surface area contributed by atoms with Crippen LogP contribution in [-0.4, -0.2) is 57.7 Å². The van der Waals surface area contributed by atoms with E-state index in [1.54, 1.807) is 35.5 Å². The molecule has 0 fully saturated rings. The molecule has 2 aromatic rings. The van der Waals surface area contributed by atoms with Crippen molar-refractivity contribution in [3.63, 3.8) is 0 Å². The van der Waals surface area contributed by atoms with Crippen molar-refractivity contribution in [1.82, 2.24) is 5.32 Å². The number of hydrogen-bond acceptors (Lipinski definition) is 8. The average Bonchev–Trinajstić information content (AvgIpc) is 2.78. The first kappa shape index (κ1) is 25.4. The van der Waals surface area contributed by atoms with Gasteiger partial charge in [-0.2, -0.15) is 0 Å². The fourth-order valence-corrected chi connectivity index (χ4v) is 2.56. The smallest absolute Gasteiger partial charge is 0.414 e. The van der Waals surface area contributed by atoms with Crippen LogP contribution < -0.4 is 29.0 Å². The molecule has 2 aromatic carbocycles. The van der Waals surface area contributed by atoms with Gasteiger partial charge in [0.05, 0.1) is 35.5 Å². The molecule has 0 atom stereocenters. The SMILES string of the molecule is COc1cc(OC)c(OC)cc1CNCc1ccc(OC)c(OC)c1.O=C(O)C(=O)O. The van der Waals surface area contributed by atoms with Gasteiger partial charge in [0.2, 0.25) is 0 Å². The Labute approximate surface area is 180 Å². The molecule has 10 nitrogen and oxygen atoms in total. The molecule has 0 aliphatic carbocycles. The van der Waals surface area contributed by atoms with Crippen LogP contribution in [-0.2, 0) is 22.7 Å². The van der Waals surface area contributed by atoms with E-state index in [-0.39, 0.29) is 0 Å². The van der Waals surface area contributed by atoms with Crippen LogP contribution in [0.15, 0.2) is 30.3 Å². The van der Waals surface area contributed by atoms with Crippen LogP contribution in [0.3, 0.4) is 0 Å². The number of carboxylic acid groups (broad SMARTS) is 2. The van der Waals surface area contributed by atoms with Crippen molar-refractivity contribution in [2.45, 2.75) is 13.1 Å². The van der Waals surface area contributed by atoms with Gasteiger partial charge in [-0.1, -0.05) is 6.07 Å². The second-order valence-electron chi connectivity index (χ2n) is 5.92. The third-order valence-corrected chi connectivity index (χ3v) is 4.06. The van der Waals surface area contributed by atoms with Gasteiger partial charge in [-0.25, -0.2) is 9.59 Å². The number of carbonyl (C=O) groups is 2. The Morgan fingerprint density at radius 2 is 1.16 bits per heavy atom. The maximum absolute atomic E-state index is 9.10. The number of methoxy groups -OCH3 is 5. The van der Waals surface area contributed by atoms with Crippen LogP contribution in [0.1, 0.15) is 11.1 Å². The summed E-state index contributed by atoms with van der Waals surface area (Å²) in [6.07, 6.45) is 0. The van der Waals surface area contributed by atoms with Crippen LogP contribution >= 0.6 is 0 Å². The van der Waals surface area contributed by atoms with Crippen molar-refractivity contribution in [2.24, 2.45) is 0 Å². The summed E-state index contributed by atoms with van der Waals surface area (Å²) in [6.45, 7) is 1.30. The fourth-order valence-electron chi connectivity index (χ4n) is 2.56. The molecule has 0 heterocycles. The predicted molar refractivity (Wildman–Crippen MR) is 111 cm³/mol. The molecule has 0 aliphatic heterocycles. The summed E-state index contributed by atoms with van der Waals surface area (Å²) in [4.78, 5) is 18.2. The monoisotopic (exact) mass is 437 g/mol. The van der Waals surface area contributed by atoms with E-state index in [1.165, 1.54) is 0 Å². The first-order chi connectivity index (χ1) is 14.8. The second-order valence-corrected chi connectivity index (χ2v) is 5.92. The van der Waals surface area contributed by atoms with Gasteiger partial charge in [0, 0.05) is 24.7 Å². The third kappa shape index (κ3) is 7.59. The lowest BCUT2D eigenvalue weighted by molar-refractivity contribution is -0.159. The van der Waals surface area contributed by atoms with Gasteiger partial charge >= 0.3 is 11.9 Å². The number of aliphatic carboxylic acids is 2. The molecule has 0 aromatic heterocycles. The Hall–Kier alpha value is -3.66. The van der Waals surface area contributed by atoms with Crippen molar-refractivity contribution in [2.75, 3.05) is 35.5 Å². The average molecular weight is 437 g/mol. The predicted octanol–water partition coefficient (Wildman–Crippen LogP) is 2.17. The Morgan fingerprint density at radius 3 is 1.65 bits per heavy atom. The van der Waals surface area contributed by atoms with Crippen LogP contribution in [0.4, 0.5) is 0 Å². The molecule has 10 heteroatoms. The molecule has 2 rings (SSSR count). The van der Waals surface area contributed by atoms with Gasteiger partial charge in [0.15, 0.2) is 23.0 Å². The largest absolute Gasteiger partial charge is 0.496 e. The molecule has 3 N–H and O–H groups in total. The summed E-state index contributed by atoms with van der Waals surface area (Å²) < 4.78 is 26.7. The van der Waals surface area contributed by atoms with E-state index < -0.39 is 11.9 Å². The number of nitrogens with one attached hydrogen (secondary N) is 1. The van der Waals surface area contributed by atoms with Crippen molar-refractivity contribution < 1.29 is 43.5 Å². The third-order valence-electron chi connectivity index (χ3n) is 4.06. The number of hydrogen-bond donors (Lipinski definition) is 3. The van der Waals surface area contributed by atoms with Crippen LogP contribution in [0.5, 0.6) is 28.7 Å². The lowest BCUT2D eigenvalue weighted by Gasteiger charge is -2.15. The highest BCUT2D eigenvalue weighted by molar-refractivity contribution is 6.27. The Morgan fingerprint density at radius 1 is 0.677 bits per heavy atom. The highest BCUT2D eigenvalue weighted by Gasteiger charge is 2.12. The minimum atomic E-state index is -1.82. The number of rotatable bonds is 9. The van der Waals surface area contributed by atoms with Gasteiger partial charge in [-0.3, -0.25) is 0 Å². The minimum absolute atomic E-state index is 0.623. The Bertz CT molecular complexity index is 871. The zero-order valence-corrected chi connectivity index (χ0v) is 18.1. The van der Waals surface area contributed by atoms with Crippen LogP contribution in [0, 0.1) is 0 Å². The number of carboxylic acids is 2. The minimum Gasteiger partial charge on any atom is -0.496 e. The number of benzene rings is 2. The maximum Gasteiger partial charge on any atom is 0.414 e. The zero-order chi connectivity index (χ0) is 23.4. The Kier molecular flexibility index (Phi) is 10.5. The summed E-state index contributed by atoms with van der Waals surface area (Å²) in [5, 5.41) is 18.2. The summed E-state index contributed by atoms with van der Waals surface area (Å²) in [5.74, 6) is -0.157. The van der Waals surface area contributed by atoms with E-state index in [9.17, 15) is 0 Å². The summed E-state index contributed by atoms with van der Waals surface area (Å²) >= 11 is 0. The van der Waals surface area contributed by atoms with Crippen molar-refractivity contribution >= 4 is 11.9 Å². The topological polar surface area (TPSA) is 133 Å². The lowest BCUT2D eigenvalue weighted by Crippen LogP contribution is -2.13. The molecule has 0 unspecified atom stereocenters. The van der Waals surface area contributed by atoms with Gasteiger partial charge in [-0.05, 0) is 23.8 Å². The van der Waals surface area contributed by atoms with Crippen molar-refractivity contribution in [3.05, 3.63) is 41.5 Å². The van der Waals surface area contributed by atoms with Crippen molar-refractivity contribution in [1.29, 1.82) is 0 Å². The van der Waals surface area contributed by atoms with E-state index in [0.717, 1.165) is 16.9 Å². The highest BCUT2D eigenvalue weighted by atomic mass is 16.5. The first-order valence-corrected chi connectivity index (χ1v) is 8.97. The van der Waals surface area contributed by atoms with Gasteiger partial charge < -0.3 is 39.2 Å². The van der Waals surface area contributed by atoms with E-state index in [0.29, 0.717) is 36.1 Å². The molecule has 0 saturated heterocycles. The van der Waals surface area contributed by atoms with Crippen molar-refractivity contribution in [3.8, 4) is 28.7 Å². The van der Waals surface area contributed by atoms with Gasteiger partial charge in [0.25, 0.3) is 0 Å². The van der Waals surface area contributed by atoms with E-state index in [4.69, 9.17) is 43.5 Å². The molecule has 0 aliphatic rings. The summed E-state index contributed by atoms with van der Waals surface area (Å²) in [7, 11) is 8.11. The summed E-state index contributed by atoms with van der Waals surface area (Å²) in [6, 6.07) is 9.59. The molecule has 170 valence electrons. The van der Waals surface area contributed by atoms with Crippen LogP contribution in [0.2, 0.25) is 0 Å². The quantitative estimate of drug-likeness (QED) is 0.501. The van der Waals surface area contributed by atoms with E-state index in [1.807, 2.05) is 30.3 Å². The normalized spacial score (nSPS) is 9.71. The van der Waals surface area contributed by atoms with Gasteiger partial charge in [0.1, 0.15) is 5.75 Å². The molecule has 0 spiro atoms. The van der Waals surface area contributed by atoms with Gasteiger partial charge in [-0.15, -0.1) is 0 Å². The molecular weight excluding hydrogens is 410 g/mol. The highest BCUT2D eigenvalue weighted by Crippen LogP contribution is 2.34. The molecule has 0 amide bonds.